The lowest BCUT2D eigenvalue weighted by molar-refractivity contribution is -0.385. The number of piperidine rings is 1. The summed E-state index contributed by atoms with van der Waals surface area (Å²) in [5.41, 5.74) is 1.88. The maximum atomic E-state index is 11.7. The van der Waals surface area contributed by atoms with E-state index in [0.717, 1.165) is 36.9 Å². The molecule has 2 heterocycles. The second-order valence-corrected chi connectivity index (χ2v) is 6.57. The molecule has 1 aromatic heterocycles. The van der Waals surface area contributed by atoms with E-state index >= 15 is 0 Å². The molecule has 1 fully saturated rings. The minimum Gasteiger partial charge on any atom is -0.434 e. The van der Waals surface area contributed by atoms with Crippen molar-refractivity contribution in [3.63, 3.8) is 0 Å². The first-order valence-electron chi connectivity index (χ1n) is 8.48. The lowest BCUT2D eigenvalue weighted by Crippen LogP contribution is -2.38. The van der Waals surface area contributed by atoms with Crippen molar-refractivity contribution in [2.45, 2.75) is 46.1 Å². The van der Waals surface area contributed by atoms with Crippen molar-refractivity contribution in [1.29, 1.82) is 0 Å². The van der Waals surface area contributed by atoms with E-state index in [0.29, 0.717) is 11.6 Å². The Morgan fingerprint density at radius 1 is 1.20 bits per heavy atom. The van der Waals surface area contributed by atoms with Gasteiger partial charge >= 0.3 is 11.6 Å². The van der Waals surface area contributed by atoms with Gasteiger partial charge in [0.2, 0.25) is 5.82 Å². The maximum Gasteiger partial charge on any atom is 0.373 e. The summed E-state index contributed by atoms with van der Waals surface area (Å²) in [4.78, 5) is 21.5. The number of hydrogen-bond donors (Lipinski definition) is 0. The molecule has 7 nitrogen and oxygen atoms in total. The Balaban J connectivity index is 2.02. The summed E-state index contributed by atoms with van der Waals surface area (Å²) < 4.78 is 5.78. The number of rotatable bonds is 4. The molecule has 1 aromatic carbocycles. The maximum absolute atomic E-state index is 11.7. The number of ether oxygens (including phenoxy) is 1. The van der Waals surface area contributed by atoms with Gasteiger partial charge in [-0.2, -0.15) is 4.98 Å². The van der Waals surface area contributed by atoms with Gasteiger partial charge in [-0.3, -0.25) is 10.1 Å². The molecule has 0 amide bonds. The van der Waals surface area contributed by atoms with E-state index in [2.05, 4.69) is 16.9 Å². The van der Waals surface area contributed by atoms with Gasteiger partial charge < -0.3 is 9.64 Å². The van der Waals surface area contributed by atoms with E-state index in [1.807, 2.05) is 36.9 Å². The second-order valence-electron chi connectivity index (χ2n) is 6.57. The third-order valence-corrected chi connectivity index (χ3v) is 4.44. The van der Waals surface area contributed by atoms with Crippen molar-refractivity contribution in [2.75, 3.05) is 11.4 Å². The van der Waals surface area contributed by atoms with Crippen LogP contribution < -0.4 is 9.64 Å². The highest BCUT2D eigenvalue weighted by molar-refractivity contribution is 5.64. The molecule has 2 aromatic rings. The summed E-state index contributed by atoms with van der Waals surface area (Å²) in [5, 5.41) is 11.7. The number of aromatic nitrogens is 2. The zero-order valence-corrected chi connectivity index (χ0v) is 14.7. The van der Waals surface area contributed by atoms with Crippen LogP contribution in [0, 0.1) is 24.0 Å². The van der Waals surface area contributed by atoms with Crippen LogP contribution in [-0.4, -0.2) is 27.5 Å². The molecule has 25 heavy (non-hydrogen) atoms. The Hall–Kier alpha value is -2.70. The first kappa shape index (κ1) is 17.1. The van der Waals surface area contributed by atoms with Gasteiger partial charge in [-0.25, -0.2) is 4.98 Å². The predicted molar refractivity (Wildman–Crippen MR) is 95.3 cm³/mol. The number of benzene rings is 1. The smallest absolute Gasteiger partial charge is 0.373 e. The molecule has 1 aliphatic heterocycles. The van der Waals surface area contributed by atoms with E-state index in [9.17, 15) is 10.1 Å². The van der Waals surface area contributed by atoms with E-state index < -0.39 is 4.92 Å². The van der Waals surface area contributed by atoms with Crippen LogP contribution in [0.4, 0.5) is 11.5 Å². The molecule has 0 radical (unpaired) electrons. The molecule has 1 unspecified atom stereocenters. The highest BCUT2D eigenvalue weighted by atomic mass is 16.6. The van der Waals surface area contributed by atoms with E-state index in [1.54, 1.807) is 0 Å². The molecular formula is C18H22N4O3. The van der Waals surface area contributed by atoms with Crippen LogP contribution >= 0.6 is 0 Å². The fourth-order valence-corrected chi connectivity index (χ4v) is 3.31. The van der Waals surface area contributed by atoms with Gasteiger partial charge in [0.1, 0.15) is 12.1 Å². The van der Waals surface area contributed by atoms with Gasteiger partial charge in [0.15, 0.2) is 0 Å². The van der Waals surface area contributed by atoms with Gasteiger partial charge in [-0.15, -0.1) is 0 Å². The second kappa shape index (κ2) is 7.04. The molecule has 0 spiro atoms. The lowest BCUT2D eigenvalue weighted by Gasteiger charge is -2.33. The summed E-state index contributed by atoms with van der Waals surface area (Å²) in [6, 6.07) is 5.89. The van der Waals surface area contributed by atoms with Crippen molar-refractivity contribution >= 4 is 11.5 Å². The molecule has 1 atom stereocenters. The number of aryl methyl sites for hydroxylation is 2. The monoisotopic (exact) mass is 342 g/mol. The minimum atomic E-state index is -0.450. The first-order chi connectivity index (χ1) is 12.0. The normalized spacial score (nSPS) is 17.4. The van der Waals surface area contributed by atoms with Crippen LogP contribution in [0.5, 0.6) is 11.6 Å². The molecule has 0 N–H and O–H groups in total. The summed E-state index contributed by atoms with van der Waals surface area (Å²) in [6.07, 6.45) is 4.46. The van der Waals surface area contributed by atoms with Crippen molar-refractivity contribution in [3.05, 3.63) is 45.8 Å². The third kappa shape index (κ3) is 3.70. The average molecular weight is 342 g/mol. The molecular weight excluding hydrogens is 320 g/mol. The fraction of sp³-hybridized carbons (Fsp3) is 0.444. The zero-order valence-electron chi connectivity index (χ0n) is 14.7. The van der Waals surface area contributed by atoms with E-state index in [4.69, 9.17) is 4.74 Å². The number of nitro groups is 1. The highest BCUT2D eigenvalue weighted by Gasteiger charge is 2.32. The summed E-state index contributed by atoms with van der Waals surface area (Å²) in [6.45, 7) is 6.72. The van der Waals surface area contributed by atoms with Crippen LogP contribution in [-0.2, 0) is 0 Å². The van der Waals surface area contributed by atoms with Crippen molar-refractivity contribution in [2.24, 2.45) is 0 Å². The largest absolute Gasteiger partial charge is 0.434 e. The van der Waals surface area contributed by atoms with Crippen molar-refractivity contribution in [1.82, 2.24) is 9.97 Å². The van der Waals surface area contributed by atoms with Gasteiger partial charge in [-0.05, 0) is 63.3 Å². The summed E-state index contributed by atoms with van der Waals surface area (Å²) in [7, 11) is 0. The van der Waals surface area contributed by atoms with E-state index in [1.165, 1.54) is 6.33 Å². The third-order valence-electron chi connectivity index (χ3n) is 4.44. The molecule has 0 bridgehead atoms. The van der Waals surface area contributed by atoms with Crippen molar-refractivity contribution < 1.29 is 9.66 Å². The van der Waals surface area contributed by atoms with Gasteiger partial charge in [0, 0.05) is 12.6 Å². The minimum absolute atomic E-state index is 0.0160. The molecule has 1 aliphatic rings. The van der Waals surface area contributed by atoms with Gasteiger partial charge in [0.05, 0.1) is 4.92 Å². The molecule has 0 aliphatic carbocycles. The Bertz CT molecular complexity index is 774. The molecule has 1 saturated heterocycles. The molecule has 132 valence electrons. The molecule has 3 rings (SSSR count). The topological polar surface area (TPSA) is 81.4 Å². The van der Waals surface area contributed by atoms with Crippen LogP contribution in [0.25, 0.3) is 0 Å². The Morgan fingerprint density at radius 2 is 1.92 bits per heavy atom. The highest BCUT2D eigenvalue weighted by Crippen LogP contribution is 2.38. The predicted octanol–water partition coefficient (Wildman–Crippen LogP) is 4.17. The van der Waals surface area contributed by atoms with Gasteiger partial charge in [-0.1, -0.05) is 6.07 Å². The van der Waals surface area contributed by atoms with Crippen LogP contribution in [0.2, 0.25) is 0 Å². The quantitative estimate of drug-likeness (QED) is 0.612. The standard InChI is InChI=1S/C18H22N4O3/c1-12-8-13(2)10-15(9-12)25-18-16(22(23)24)17(19-11-20-18)21-7-5-4-6-14(21)3/h8-11,14H,4-7H2,1-3H3. The SMILES string of the molecule is Cc1cc(C)cc(Oc2ncnc(N3CCCCC3C)c2[N+](=O)[O-])c1. The van der Waals surface area contributed by atoms with E-state index in [-0.39, 0.29) is 17.6 Å². The summed E-state index contributed by atoms with van der Waals surface area (Å²) in [5.74, 6) is 0.862. The van der Waals surface area contributed by atoms with Crippen LogP contribution in [0.15, 0.2) is 24.5 Å². The lowest BCUT2D eigenvalue weighted by atomic mass is 10.0. The Kier molecular flexibility index (Phi) is 4.83. The molecule has 0 saturated carbocycles. The van der Waals surface area contributed by atoms with Crippen molar-refractivity contribution in [3.8, 4) is 11.6 Å². The number of nitrogens with zero attached hydrogens (tertiary/aromatic N) is 4. The Morgan fingerprint density at radius 3 is 2.56 bits per heavy atom. The van der Waals surface area contributed by atoms with Crippen LogP contribution in [0.3, 0.4) is 0 Å². The number of hydrogen-bond acceptors (Lipinski definition) is 6. The Labute approximate surface area is 146 Å². The first-order valence-corrected chi connectivity index (χ1v) is 8.48. The van der Waals surface area contributed by atoms with Crippen LogP contribution in [0.1, 0.15) is 37.3 Å². The molecule has 7 heteroatoms. The number of anilines is 1. The summed E-state index contributed by atoms with van der Waals surface area (Å²) >= 11 is 0. The average Bonchev–Trinajstić information content (AvgIpc) is 2.54. The zero-order chi connectivity index (χ0) is 18.0. The fourth-order valence-electron chi connectivity index (χ4n) is 3.31. The van der Waals surface area contributed by atoms with Gasteiger partial charge in [0.25, 0.3) is 0 Å².